The number of carbonyl (C=O) groups is 1. The summed E-state index contributed by atoms with van der Waals surface area (Å²) in [6.07, 6.45) is 3.41. The van der Waals surface area contributed by atoms with E-state index >= 15 is 0 Å². The molecule has 1 aromatic heterocycles. The quantitative estimate of drug-likeness (QED) is 0.323. The molecule has 0 spiro atoms. The standard InChI is InChI=1S/C23H25ClN4O3S/c1-4-12-28-21(11-10-16-8-6-5-7-9-16)26-27-23(28)32-15-22(29)25-18-14-19(30-2)17(24)13-20(18)31-3/h4-9,13-14H,1,10-12,15H2,2-3H3,(H,25,29). The van der Waals surface area contributed by atoms with Crippen molar-refractivity contribution in [3.8, 4) is 11.5 Å². The molecule has 0 aliphatic heterocycles. The topological polar surface area (TPSA) is 78.3 Å². The molecule has 32 heavy (non-hydrogen) atoms. The van der Waals surface area contributed by atoms with E-state index in [1.165, 1.54) is 31.5 Å². The second kappa shape index (κ2) is 11.6. The van der Waals surface area contributed by atoms with E-state index in [1.54, 1.807) is 18.2 Å². The Morgan fingerprint density at radius 1 is 1.16 bits per heavy atom. The Morgan fingerprint density at radius 2 is 1.91 bits per heavy atom. The van der Waals surface area contributed by atoms with Crippen molar-refractivity contribution in [3.05, 3.63) is 71.5 Å². The molecule has 9 heteroatoms. The molecule has 0 radical (unpaired) electrons. The molecule has 0 unspecified atom stereocenters. The average Bonchev–Trinajstić information content (AvgIpc) is 3.19. The first-order chi connectivity index (χ1) is 15.5. The number of aryl methyl sites for hydroxylation is 2. The van der Waals surface area contributed by atoms with Crippen molar-refractivity contribution in [2.24, 2.45) is 0 Å². The predicted octanol–water partition coefficient (Wildman–Crippen LogP) is 4.65. The van der Waals surface area contributed by atoms with Crippen LogP contribution >= 0.6 is 23.4 Å². The zero-order valence-electron chi connectivity index (χ0n) is 18.0. The van der Waals surface area contributed by atoms with Gasteiger partial charge in [-0.2, -0.15) is 0 Å². The van der Waals surface area contributed by atoms with E-state index in [0.717, 1.165) is 18.7 Å². The first-order valence-electron chi connectivity index (χ1n) is 9.96. The number of rotatable bonds is 11. The van der Waals surface area contributed by atoms with Crippen molar-refractivity contribution < 1.29 is 14.3 Å². The van der Waals surface area contributed by atoms with Crippen LogP contribution in [0.25, 0.3) is 0 Å². The molecular formula is C23H25ClN4O3S. The van der Waals surface area contributed by atoms with Crippen LogP contribution in [0, 0.1) is 0 Å². The Kier molecular flexibility index (Phi) is 8.58. The number of allylic oxidation sites excluding steroid dienone is 1. The summed E-state index contributed by atoms with van der Waals surface area (Å²) in [6, 6.07) is 13.5. The lowest BCUT2D eigenvalue weighted by molar-refractivity contribution is -0.113. The molecule has 3 rings (SSSR count). The number of benzene rings is 2. The fourth-order valence-corrected chi connectivity index (χ4v) is 4.10. The molecule has 2 aromatic carbocycles. The number of carbonyl (C=O) groups excluding carboxylic acids is 1. The summed E-state index contributed by atoms with van der Waals surface area (Å²) in [7, 11) is 3.02. The Labute approximate surface area is 196 Å². The third-order valence-corrected chi connectivity index (χ3v) is 5.93. The van der Waals surface area contributed by atoms with Gasteiger partial charge in [-0.25, -0.2) is 0 Å². The van der Waals surface area contributed by atoms with Gasteiger partial charge in [-0.3, -0.25) is 4.79 Å². The minimum absolute atomic E-state index is 0.155. The molecule has 1 N–H and O–H groups in total. The van der Waals surface area contributed by atoms with Crippen LogP contribution < -0.4 is 14.8 Å². The smallest absolute Gasteiger partial charge is 0.234 e. The Balaban J connectivity index is 1.65. The van der Waals surface area contributed by atoms with Crippen molar-refractivity contribution in [1.82, 2.24) is 14.8 Å². The number of thioether (sulfide) groups is 1. The van der Waals surface area contributed by atoms with E-state index in [0.29, 0.717) is 33.9 Å². The minimum Gasteiger partial charge on any atom is -0.495 e. The van der Waals surface area contributed by atoms with E-state index in [1.807, 2.05) is 22.8 Å². The highest BCUT2D eigenvalue weighted by Crippen LogP contribution is 2.36. The van der Waals surface area contributed by atoms with Gasteiger partial charge in [0.05, 0.1) is 30.7 Å². The van der Waals surface area contributed by atoms with Crippen LogP contribution in [0.1, 0.15) is 11.4 Å². The first-order valence-corrected chi connectivity index (χ1v) is 11.3. The summed E-state index contributed by atoms with van der Waals surface area (Å²) in [5.74, 6) is 1.70. The fourth-order valence-electron chi connectivity index (χ4n) is 3.10. The molecule has 0 saturated carbocycles. The van der Waals surface area contributed by atoms with Crippen LogP contribution in [-0.2, 0) is 24.2 Å². The van der Waals surface area contributed by atoms with Crippen molar-refractivity contribution >= 4 is 35.0 Å². The molecule has 0 bridgehead atoms. The van der Waals surface area contributed by atoms with Gasteiger partial charge in [0.15, 0.2) is 5.16 Å². The van der Waals surface area contributed by atoms with Gasteiger partial charge in [0.25, 0.3) is 0 Å². The predicted molar refractivity (Wildman–Crippen MR) is 128 cm³/mol. The third-order valence-electron chi connectivity index (χ3n) is 4.67. The number of hydrogen-bond donors (Lipinski definition) is 1. The van der Waals surface area contributed by atoms with Crippen LogP contribution in [0.4, 0.5) is 5.69 Å². The molecule has 0 aliphatic rings. The van der Waals surface area contributed by atoms with Gasteiger partial charge in [0.2, 0.25) is 5.91 Å². The number of halogens is 1. The van der Waals surface area contributed by atoms with Crippen molar-refractivity contribution in [1.29, 1.82) is 0 Å². The van der Waals surface area contributed by atoms with E-state index < -0.39 is 0 Å². The summed E-state index contributed by atoms with van der Waals surface area (Å²) in [5, 5.41) is 12.5. The number of aromatic nitrogens is 3. The Morgan fingerprint density at radius 3 is 2.59 bits per heavy atom. The van der Waals surface area contributed by atoms with Crippen LogP contribution in [0.5, 0.6) is 11.5 Å². The van der Waals surface area contributed by atoms with Crippen LogP contribution in [-0.4, -0.2) is 40.6 Å². The van der Waals surface area contributed by atoms with Crippen LogP contribution in [0.3, 0.4) is 0 Å². The maximum Gasteiger partial charge on any atom is 0.234 e. The number of anilines is 1. The van der Waals surface area contributed by atoms with Crippen molar-refractivity contribution in [3.63, 3.8) is 0 Å². The van der Waals surface area contributed by atoms with Gasteiger partial charge in [-0.1, -0.05) is 59.8 Å². The molecule has 168 valence electrons. The van der Waals surface area contributed by atoms with E-state index in [9.17, 15) is 4.79 Å². The monoisotopic (exact) mass is 472 g/mol. The molecular weight excluding hydrogens is 448 g/mol. The second-order valence-electron chi connectivity index (χ2n) is 6.81. The highest BCUT2D eigenvalue weighted by atomic mass is 35.5. The second-order valence-corrected chi connectivity index (χ2v) is 8.16. The lowest BCUT2D eigenvalue weighted by atomic mass is 10.1. The number of ether oxygens (including phenoxy) is 2. The Hall–Kier alpha value is -2.97. The van der Waals surface area contributed by atoms with E-state index in [-0.39, 0.29) is 11.7 Å². The fraction of sp³-hybridized carbons (Fsp3) is 0.261. The van der Waals surface area contributed by atoms with Crippen LogP contribution in [0.15, 0.2) is 60.3 Å². The maximum atomic E-state index is 12.6. The normalized spacial score (nSPS) is 10.6. The van der Waals surface area contributed by atoms with Gasteiger partial charge >= 0.3 is 0 Å². The summed E-state index contributed by atoms with van der Waals surface area (Å²) in [6.45, 7) is 4.40. The van der Waals surface area contributed by atoms with Gasteiger partial charge < -0.3 is 19.4 Å². The number of amides is 1. The molecule has 7 nitrogen and oxygen atoms in total. The van der Waals surface area contributed by atoms with E-state index in [2.05, 4.69) is 34.2 Å². The largest absolute Gasteiger partial charge is 0.495 e. The molecule has 3 aromatic rings. The lowest BCUT2D eigenvalue weighted by Gasteiger charge is -2.13. The summed E-state index contributed by atoms with van der Waals surface area (Å²) in [5.41, 5.74) is 1.72. The van der Waals surface area contributed by atoms with E-state index in [4.69, 9.17) is 21.1 Å². The number of nitrogens with one attached hydrogen (secondary N) is 1. The summed E-state index contributed by atoms with van der Waals surface area (Å²) in [4.78, 5) is 12.6. The lowest BCUT2D eigenvalue weighted by Crippen LogP contribution is -2.15. The highest BCUT2D eigenvalue weighted by molar-refractivity contribution is 7.99. The molecule has 0 aliphatic carbocycles. The zero-order valence-corrected chi connectivity index (χ0v) is 19.6. The van der Waals surface area contributed by atoms with Crippen molar-refractivity contribution in [2.45, 2.75) is 24.5 Å². The summed E-state index contributed by atoms with van der Waals surface area (Å²) < 4.78 is 12.5. The maximum absolute atomic E-state index is 12.6. The average molecular weight is 473 g/mol. The third kappa shape index (κ3) is 6.05. The molecule has 0 saturated heterocycles. The van der Waals surface area contributed by atoms with Gasteiger partial charge in [-0.05, 0) is 12.0 Å². The number of methoxy groups -OCH3 is 2. The minimum atomic E-state index is -0.211. The molecule has 1 heterocycles. The highest BCUT2D eigenvalue weighted by Gasteiger charge is 2.16. The zero-order chi connectivity index (χ0) is 22.9. The first kappa shape index (κ1) is 23.7. The Bertz CT molecular complexity index is 1070. The molecule has 1 amide bonds. The van der Waals surface area contributed by atoms with Gasteiger partial charge in [-0.15, -0.1) is 16.8 Å². The summed E-state index contributed by atoms with van der Waals surface area (Å²) >= 11 is 7.44. The number of hydrogen-bond acceptors (Lipinski definition) is 6. The molecule has 0 atom stereocenters. The van der Waals surface area contributed by atoms with Crippen LogP contribution in [0.2, 0.25) is 5.02 Å². The molecule has 0 fully saturated rings. The van der Waals surface area contributed by atoms with Gasteiger partial charge in [0, 0.05) is 25.1 Å². The van der Waals surface area contributed by atoms with Gasteiger partial charge in [0.1, 0.15) is 17.3 Å². The number of nitrogens with zero attached hydrogens (tertiary/aromatic N) is 3. The van der Waals surface area contributed by atoms with Crippen molar-refractivity contribution in [2.75, 3.05) is 25.3 Å². The SMILES string of the molecule is C=CCn1c(CCc2ccccc2)nnc1SCC(=O)Nc1cc(OC)c(Cl)cc1OC.